The average molecular weight is 1320 g/mol. The summed E-state index contributed by atoms with van der Waals surface area (Å²) in [6.07, 6.45) is 41.0. The minimum Gasteiger partial charge on any atom is -0.390 e. The van der Waals surface area contributed by atoms with Crippen LogP contribution in [0.25, 0.3) is 0 Å². The van der Waals surface area contributed by atoms with Crippen molar-refractivity contribution < 1.29 is 34.5 Å². The molecule has 8 heteroatoms. The summed E-state index contributed by atoms with van der Waals surface area (Å²) in [5.74, 6) is 13.8. The molecule has 0 aliphatic heterocycles. The van der Waals surface area contributed by atoms with Gasteiger partial charge in [-0.3, -0.25) is 0 Å². The third kappa shape index (κ3) is 15.3. The highest BCUT2D eigenvalue weighted by Crippen LogP contribution is 2.73. The Kier molecular flexibility index (Phi) is 22.4. The van der Waals surface area contributed by atoms with Gasteiger partial charge in [0.25, 0.3) is 0 Å². The van der Waals surface area contributed by atoms with Crippen molar-refractivity contribution in [1.29, 1.82) is 0 Å². The fourth-order valence-electron chi connectivity index (χ4n) is 26.8. The summed E-state index contributed by atoms with van der Waals surface area (Å²) in [4.78, 5) is 0. The van der Waals surface area contributed by atoms with E-state index in [0.29, 0.717) is 68.0 Å². The van der Waals surface area contributed by atoms with Crippen molar-refractivity contribution in [3.8, 4) is 0 Å². The predicted octanol–water partition coefficient (Wildman–Crippen LogP) is 21.5. The largest absolute Gasteiger partial charge is 0.390 e. The van der Waals surface area contributed by atoms with E-state index < -0.39 is 33.6 Å². The van der Waals surface area contributed by atoms with Crippen LogP contribution in [-0.4, -0.2) is 70.5 Å². The molecule has 0 amide bonds. The molecule has 6 nitrogen and oxygen atoms in total. The smallest absolute Gasteiger partial charge is 0.0657 e. The van der Waals surface area contributed by atoms with E-state index in [1.807, 2.05) is 62.3 Å². The summed E-state index contributed by atoms with van der Waals surface area (Å²) >= 11 is 0.250. The van der Waals surface area contributed by atoms with E-state index in [2.05, 4.69) is 101 Å². The molecule has 0 saturated heterocycles. The Balaban J connectivity index is 0.000000161. The van der Waals surface area contributed by atoms with Crippen LogP contribution in [0.2, 0.25) is 0 Å². The molecule has 0 bridgehead atoms. The van der Waals surface area contributed by atoms with Gasteiger partial charge in [0.2, 0.25) is 0 Å². The van der Waals surface area contributed by atoms with Crippen LogP contribution in [0.5, 0.6) is 0 Å². The summed E-state index contributed by atoms with van der Waals surface area (Å²) in [5, 5.41) is 63.0. The Labute approximate surface area is 576 Å². The quantitative estimate of drug-likeness (QED) is 0.108. The van der Waals surface area contributed by atoms with Crippen molar-refractivity contribution in [2.45, 2.75) is 352 Å². The van der Waals surface area contributed by atoms with Gasteiger partial charge in [0.15, 0.2) is 0 Å². The summed E-state index contributed by atoms with van der Waals surface area (Å²) in [6.45, 7) is 48.2. The van der Waals surface area contributed by atoms with Gasteiger partial charge in [0.05, 0.1) is 33.6 Å². The first-order valence-corrected chi connectivity index (χ1v) is 40.5. The van der Waals surface area contributed by atoms with Crippen molar-refractivity contribution in [2.24, 2.45) is 139 Å². The van der Waals surface area contributed by atoms with Crippen LogP contribution in [0.4, 0.5) is 3.89 Å². The molecular formula is C85H147FO6S. The average Bonchev–Trinajstić information content (AvgIpc) is 1.69. The molecule has 0 spiro atoms. The van der Waals surface area contributed by atoms with Gasteiger partial charge < -0.3 is 30.6 Å². The predicted molar refractivity (Wildman–Crippen MR) is 390 cm³/mol. The Morgan fingerprint density at radius 2 is 0.624 bits per heavy atom. The third-order valence-corrected chi connectivity index (χ3v) is 32.0. The second-order valence-corrected chi connectivity index (χ2v) is 40.9. The summed E-state index contributed by atoms with van der Waals surface area (Å²) in [6, 6.07) is 0. The van der Waals surface area contributed by atoms with Gasteiger partial charge in [-0.1, -0.05) is 118 Å². The zero-order valence-electron chi connectivity index (χ0n) is 64.2. The fourth-order valence-corrected chi connectivity index (χ4v) is 26.8. The lowest BCUT2D eigenvalue weighted by atomic mass is 9.44. The molecule has 12 rings (SSSR count). The molecule has 536 valence electrons. The molecule has 0 aromatic rings. The number of hydrogen-bond donors (Lipinski definition) is 6. The highest BCUT2D eigenvalue weighted by molar-refractivity contribution is 7.93. The van der Waals surface area contributed by atoms with Gasteiger partial charge >= 0.3 is 0 Å². The first-order chi connectivity index (χ1) is 42.7. The van der Waals surface area contributed by atoms with Gasteiger partial charge in [0.1, 0.15) is 0 Å². The van der Waals surface area contributed by atoms with Gasteiger partial charge in [-0.05, 0) is 375 Å². The highest BCUT2D eigenvalue weighted by Gasteiger charge is 2.65. The topological polar surface area (TPSA) is 121 Å². The summed E-state index contributed by atoms with van der Waals surface area (Å²) in [5.41, 5.74) is 3.92. The fraction of sp³-hybridized carbons (Fsp3) is 0.929. The maximum atomic E-state index is 10.7. The molecule has 0 aromatic heterocycles. The van der Waals surface area contributed by atoms with E-state index in [-0.39, 0.29) is 12.1 Å². The van der Waals surface area contributed by atoms with E-state index >= 15 is 0 Å². The molecule has 12 aliphatic rings. The van der Waals surface area contributed by atoms with Gasteiger partial charge in [-0.15, -0.1) is 0 Å². The number of fused-ring (bicyclic) bond motifs is 15. The number of halogens is 1. The third-order valence-electron chi connectivity index (χ3n) is 32.0. The van der Waals surface area contributed by atoms with Crippen LogP contribution < -0.4 is 0 Å². The van der Waals surface area contributed by atoms with Crippen LogP contribution in [0.3, 0.4) is 0 Å². The van der Waals surface area contributed by atoms with Crippen LogP contribution >= 0.6 is 12.1 Å². The second-order valence-electron chi connectivity index (χ2n) is 40.6. The Bertz CT molecular complexity index is 2370. The molecule has 12 aliphatic carbocycles. The maximum Gasteiger partial charge on any atom is 0.0657 e. The summed E-state index contributed by atoms with van der Waals surface area (Å²) < 4.78 is 10.2. The van der Waals surface area contributed by atoms with Crippen molar-refractivity contribution in [2.75, 3.05) is 6.26 Å². The first kappa shape index (κ1) is 76.4. The Morgan fingerprint density at radius 3 is 0.839 bits per heavy atom. The second kappa shape index (κ2) is 27.2. The molecule has 93 heavy (non-hydrogen) atoms. The molecule has 9 fully saturated rings. The zero-order valence-corrected chi connectivity index (χ0v) is 65.0. The van der Waals surface area contributed by atoms with Crippen molar-refractivity contribution in [1.82, 2.24) is 0 Å². The maximum absolute atomic E-state index is 10.7. The molecule has 0 aromatic carbocycles. The van der Waals surface area contributed by atoms with E-state index in [0.717, 1.165) is 167 Å². The lowest BCUT2D eigenvalue weighted by Crippen LogP contribution is -2.54. The number of rotatable bonds is 12. The molecular weight excluding hydrogens is 1170 g/mol. The minimum absolute atomic E-state index is 0.250. The normalized spacial score (nSPS) is 48.2. The molecule has 9 saturated carbocycles. The SMILES string of the molecule is CC1C=C2C[C@@](C)(O)CC[C@]2(C)[C@H]2CC[C@]3(C)[C@@H]([C@H](C)CCC(C)(C)O)CC[C@H]3[C@H]12.CSF.C[C@@H]1C=C2C[C@@](C)(O)CC[C@]2(C)[C@H]2CC[C@]3(C)[C@@H]([C@H](C)CCC(C)(C)O)CC[C@H]3[C@H]12.C[C@H](CCC(C)(C)O)[C@H]1CC[C@H]2[C@@H]3[C@@H](C)C=C4C[C@@](C)(O)CC[C@]4(C)[C@H]3CC[C@]12C. The Morgan fingerprint density at radius 1 is 0.398 bits per heavy atom. The minimum atomic E-state index is -0.541. The van der Waals surface area contributed by atoms with Crippen molar-refractivity contribution in [3.63, 3.8) is 0 Å². The first-order valence-electron chi connectivity index (χ1n) is 39.3. The molecule has 0 heterocycles. The monoisotopic (exact) mass is 1320 g/mol. The molecule has 27 atom stereocenters. The standard InChI is InChI=1S/3C28H48O2.CH3FS/c3*1-18(10-12-25(3,4)29)21-8-9-22-24-19(2)16-20-17-26(5,30)14-15-27(20,6)23(24)11-13-28(21,22)7;1-3-2/h3*16,18-19,21-24,29-30H,8-15,17H2,1-7H3;1H3/t18-,19?,21-,22+,23+,24+,26+,27+,28-;18-,19+,21-,22+,23+,24+,26+,27+,28-;18-,19-,21-,22+,23+,24+,26+,27+,28-;/m111./s1. The lowest BCUT2D eigenvalue weighted by molar-refractivity contribution is -0.0847. The Hall–Kier alpha value is -0.740. The number of aliphatic hydroxyl groups is 6. The number of allylic oxidation sites excluding steroid dienone is 3. The van der Waals surface area contributed by atoms with E-state index in [1.165, 1.54) is 83.3 Å². The van der Waals surface area contributed by atoms with Crippen molar-refractivity contribution >= 4 is 12.1 Å². The number of hydrogen-bond acceptors (Lipinski definition) is 7. The zero-order chi connectivity index (χ0) is 69.0. The van der Waals surface area contributed by atoms with Crippen molar-refractivity contribution in [3.05, 3.63) is 34.9 Å². The summed E-state index contributed by atoms with van der Waals surface area (Å²) in [7, 11) is 0. The van der Waals surface area contributed by atoms with E-state index in [4.69, 9.17) is 0 Å². The highest BCUT2D eigenvalue weighted by atomic mass is 32.2. The van der Waals surface area contributed by atoms with Gasteiger partial charge in [-0.2, -0.15) is 3.89 Å². The van der Waals surface area contributed by atoms with E-state index in [9.17, 15) is 34.5 Å². The van der Waals surface area contributed by atoms with Crippen LogP contribution in [0.15, 0.2) is 34.9 Å². The van der Waals surface area contributed by atoms with Crippen LogP contribution in [0, 0.1) is 139 Å². The lowest BCUT2D eigenvalue weighted by Gasteiger charge is -2.60. The molecule has 6 N–H and O–H groups in total. The van der Waals surface area contributed by atoms with Crippen LogP contribution in [0.1, 0.15) is 319 Å². The van der Waals surface area contributed by atoms with Crippen LogP contribution in [-0.2, 0) is 0 Å². The van der Waals surface area contributed by atoms with E-state index in [1.54, 1.807) is 16.7 Å². The van der Waals surface area contributed by atoms with Gasteiger partial charge in [-0.25, -0.2) is 0 Å². The molecule has 1 unspecified atom stereocenters. The molecule has 0 radical (unpaired) electrons. The van der Waals surface area contributed by atoms with Gasteiger partial charge in [0, 0.05) is 18.4 Å².